The number of nitrogens with zero attached hydrogens (tertiary/aromatic N) is 1. The molecule has 2 bridgehead atoms. The van der Waals surface area contributed by atoms with E-state index in [1.54, 1.807) is 0 Å². The molecule has 0 aromatic carbocycles. The number of fused-ring (bicyclic) bond motifs is 1. The zero-order valence-corrected chi connectivity index (χ0v) is 17.4. The van der Waals surface area contributed by atoms with E-state index in [9.17, 15) is 23.1 Å². The zero-order chi connectivity index (χ0) is 21.9. The van der Waals surface area contributed by atoms with Crippen molar-refractivity contribution in [2.24, 2.45) is 28.0 Å². The molecule has 0 aromatic rings. The third-order valence-corrected chi connectivity index (χ3v) is 7.58. The maximum Gasteiger partial charge on any atom is 0.433 e. The molecule has 168 valence electrons. The van der Waals surface area contributed by atoms with Gasteiger partial charge in [-0.3, -0.25) is 15.1 Å². The first-order valence-electron chi connectivity index (χ1n) is 10.8. The van der Waals surface area contributed by atoms with Crippen molar-refractivity contribution in [3.8, 4) is 0 Å². The Kier molecular flexibility index (Phi) is 5.20. The summed E-state index contributed by atoms with van der Waals surface area (Å²) >= 11 is 0. The van der Waals surface area contributed by atoms with E-state index in [2.05, 4.69) is 22.5 Å². The fraction of sp³-hybridized carbons (Fsp3) is 0.810. The Morgan fingerprint density at radius 2 is 2.00 bits per heavy atom. The average molecular weight is 428 g/mol. The number of aliphatic hydroxyl groups is 1. The summed E-state index contributed by atoms with van der Waals surface area (Å²) in [6.07, 6.45) is 0.151. The maximum atomic E-state index is 13.6. The van der Waals surface area contributed by atoms with Crippen LogP contribution in [0.1, 0.15) is 58.8 Å². The molecule has 6 atom stereocenters. The van der Waals surface area contributed by atoms with Crippen LogP contribution in [-0.2, 0) is 4.79 Å². The normalized spacial score (nSPS) is 39.9. The third kappa shape index (κ3) is 3.64. The van der Waals surface area contributed by atoms with E-state index in [4.69, 9.17) is 5.73 Å². The van der Waals surface area contributed by atoms with Crippen molar-refractivity contribution >= 4 is 11.6 Å². The topological polar surface area (TPSA) is 99.7 Å². The van der Waals surface area contributed by atoms with Crippen molar-refractivity contribution in [2.75, 3.05) is 0 Å². The molecule has 4 saturated carbocycles. The number of hydrogen-bond donors (Lipinski definition) is 4. The van der Waals surface area contributed by atoms with Gasteiger partial charge >= 0.3 is 6.18 Å². The number of nitrogens with two attached hydrogens (primary N) is 1. The van der Waals surface area contributed by atoms with Crippen LogP contribution < -0.4 is 16.4 Å². The molecule has 0 aromatic heterocycles. The summed E-state index contributed by atoms with van der Waals surface area (Å²) in [5.41, 5.74) is 3.71. The molecule has 4 aliphatic carbocycles. The number of halogens is 3. The van der Waals surface area contributed by atoms with Gasteiger partial charge < -0.3 is 16.2 Å². The number of aliphatic hydroxyl groups excluding tert-OH is 1. The first-order chi connectivity index (χ1) is 14.0. The molecule has 1 spiro atoms. The quantitative estimate of drug-likeness (QED) is 0.386. The molecule has 0 aliphatic heterocycles. The summed E-state index contributed by atoms with van der Waals surface area (Å²) in [7, 11) is 0. The number of carbonyl (C=O) groups excluding carboxylic acids is 1. The highest BCUT2D eigenvalue weighted by atomic mass is 19.4. The molecule has 6 unspecified atom stereocenters. The minimum Gasteiger partial charge on any atom is -0.404 e. The molecule has 5 N–H and O–H groups in total. The second-order valence-electron chi connectivity index (χ2n) is 9.92. The maximum absolute atomic E-state index is 13.6. The largest absolute Gasteiger partial charge is 0.433 e. The fourth-order valence-electron chi connectivity index (χ4n) is 6.53. The van der Waals surface area contributed by atoms with Crippen LogP contribution in [-0.4, -0.2) is 46.8 Å². The molecule has 6 nitrogen and oxygen atoms in total. The van der Waals surface area contributed by atoms with Gasteiger partial charge in [-0.15, -0.1) is 0 Å². The Morgan fingerprint density at radius 3 is 2.53 bits per heavy atom. The van der Waals surface area contributed by atoms with Gasteiger partial charge in [-0.1, -0.05) is 6.92 Å². The van der Waals surface area contributed by atoms with Crippen molar-refractivity contribution in [2.45, 2.75) is 88.8 Å². The number of aliphatic imine (C=N–C) groups is 1. The lowest BCUT2D eigenvalue weighted by atomic mass is 9.72. The fourth-order valence-corrected chi connectivity index (χ4v) is 6.53. The van der Waals surface area contributed by atoms with Crippen LogP contribution in [0.4, 0.5) is 13.2 Å². The number of hydrogen-bond acceptors (Lipinski definition) is 5. The predicted molar refractivity (Wildman–Crippen MR) is 106 cm³/mol. The molecular formula is C21H31F3N4O2. The second kappa shape index (κ2) is 7.22. The van der Waals surface area contributed by atoms with Gasteiger partial charge in [0.05, 0.1) is 6.04 Å². The van der Waals surface area contributed by atoms with Crippen LogP contribution >= 0.6 is 0 Å². The van der Waals surface area contributed by atoms with Crippen LogP contribution in [0, 0.1) is 17.3 Å². The van der Waals surface area contributed by atoms with Crippen molar-refractivity contribution in [3.05, 3.63) is 11.8 Å². The Morgan fingerprint density at radius 1 is 1.30 bits per heavy atom. The molecular weight excluding hydrogens is 397 g/mol. The first-order valence-corrected chi connectivity index (χ1v) is 10.8. The highest BCUT2D eigenvalue weighted by Crippen LogP contribution is 2.73. The lowest BCUT2D eigenvalue weighted by Crippen LogP contribution is -2.53. The van der Waals surface area contributed by atoms with E-state index in [0.717, 1.165) is 38.3 Å². The van der Waals surface area contributed by atoms with Crippen molar-refractivity contribution in [1.29, 1.82) is 0 Å². The number of nitrogens with one attached hydrogen (secondary N) is 2. The minimum absolute atomic E-state index is 0.0551. The molecule has 4 aliphatic rings. The average Bonchev–Trinajstić information content (AvgIpc) is 2.98. The Balaban J connectivity index is 1.49. The van der Waals surface area contributed by atoms with Gasteiger partial charge in [-0.2, -0.15) is 13.2 Å². The molecule has 0 radical (unpaired) electrons. The molecule has 9 heteroatoms. The summed E-state index contributed by atoms with van der Waals surface area (Å²) in [4.78, 5) is 15.5. The van der Waals surface area contributed by atoms with Gasteiger partial charge in [0.1, 0.15) is 11.9 Å². The summed E-state index contributed by atoms with van der Waals surface area (Å²) in [6.45, 7) is 3.66. The van der Waals surface area contributed by atoms with Crippen LogP contribution in [0.2, 0.25) is 0 Å². The molecule has 30 heavy (non-hydrogen) atoms. The van der Waals surface area contributed by atoms with E-state index < -0.39 is 23.7 Å². The predicted octanol–water partition coefficient (Wildman–Crippen LogP) is 2.38. The molecule has 4 rings (SSSR count). The van der Waals surface area contributed by atoms with Gasteiger partial charge in [0.15, 0.2) is 0 Å². The number of carbonyl (C=O) groups is 1. The highest BCUT2D eigenvalue weighted by molar-refractivity contribution is 6.05. The van der Waals surface area contributed by atoms with Crippen molar-refractivity contribution < 1.29 is 23.1 Å². The second-order valence-corrected chi connectivity index (χ2v) is 9.92. The Bertz CT molecular complexity index is 779. The van der Waals surface area contributed by atoms with E-state index >= 15 is 0 Å². The van der Waals surface area contributed by atoms with Gasteiger partial charge in [-0.25, -0.2) is 0 Å². The summed E-state index contributed by atoms with van der Waals surface area (Å²) in [6, 6.07) is -0.453. The molecule has 1 amide bonds. The van der Waals surface area contributed by atoms with Crippen molar-refractivity contribution in [1.82, 2.24) is 10.6 Å². The summed E-state index contributed by atoms with van der Waals surface area (Å²) in [5, 5.41) is 16.8. The Hall–Kier alpha value is -1.61. The van der Waals surface area contributed by atoms with Crippen LogP contribution in [0.3, 0.4) is 0 Å². The molecule has 0 saturated heterocycles. The van der Waals surface area contributed by atoms with E-state index in [0.29, 0.717) is 18.8 Å². The number of amides is 1. The molecule has 0 heterocycles. The third-order valence-electron chi connectivity index (χ3n) is 7.58. The standard InChI is InChI=1S/C21H31F3N4O2/c1-11-6-19(28-12(2)29)8-15-17(20(15,7-11)10-19)27-18(30)14(9-25)16(21(22,23)24)26-13-4-3-5-13/h9,11,13,15,17-18,27,30H,3-8,10,25H2,1-2H3,(H,28,29). The van der Waals surface area contributed by atoms with Crippen LogP contribution in [0.5, 0.6) is 0 Å². The van der Waals surface area contributed by atoms with Crippen LogP contribution in [0.15, 0.2) is 16.8 Å². The van der Waals surface area contributed by atoms with E-state index in [-0.39, 0.29) is 34.9 Å². The Labute approximate surface area is 174 Å². The molecule has 4 fully saturated rings. The van der Waals surface area contributed by atoms with E-state index in [1.165, 1.54) is 6.92 Å². The lowest BCUT2D eigenvalue weighted by Gasteiger charge is -2.42. The zero-order valence-electron chi connectivity index (χ0n) is 17.4. The van der Waals surface area contributed by atoms with Gasteiger partial charge in [-0.05, 0) is 62.2 Å². The summed E-state index contributed by atoms with van der Waals surface area (Å²) in [5.74, 6) is 0.566. The SMILES string of the molecule is CC(=O)NC12CC(C)CC3(C1)C(C2)C3NC(O)C(=CN)C(=NC1CCC1)C(F)(F)F. The first kappa shape index (κ1) is 21.6. The smallest absolute Gasteiger partial charge is 0.404 e. The number of rotatable bonds is 6. The minimum atomic E-state index is -4.68. The monoisotopic (exact) mass is 428 g/mol. The highest BCUT2D eigenvalue weighted by Gasteiger charge is 2.74. The lowest BCUT2D eigenvalue weighted by molar-refractivity contribution is -0.121. The van der Waals surface area contributed by atoms with Crippen LogP contribution in [0.25, 0.3) is 0 Å². The van der Waals surface area contributed by atoms with E-state index in [1.807, 2.05) is 0 Å². The number of alkyl halides is 3. The van der Waals surface area contributed by atoms with Crippen molar-refractivity contribution in [3.63, 3.8) is 0 Å². The van der Waals surface area contributed by atoms with Gasteiger partial charge in [0.2, 0.25) is 5.91 Å². The summed E-state index contributed by atoms with van der Waals surface area (Å²) < 4.78 is 40.9. The van der Waals surface area contributed by atoms with Gasteiger partial charge in [0.25, 0.3) is 0 Å². The van der Waals surface area contributed by atoms with Gasteiger partial charge in [0, 0.05) is 30.3 Å².